The van der Waals surface area contributed by atoms with Crippen molar-refractivity contribution in [3.8, 4) is 11.5 Å². The largest absolute Gasteiger partial charge is 0.493 e. The lowest BCUT2D eigenvalue weighted by Crippen LogP contribution is -2.54. The van der Waals surface area contributed by atoms with E-state index in [2.05, 4.69) is 10.6 Å². The van der Waals surface area contributed by atoms with Gasteiger partial charge in [-0.2, -0.15) is 0 Å². The molecule has 2 N–H and O–H groups in total. The predicted molar refractivity (Wildman–Crippen MR) is 148 cm³/mol. The van der Waals surface area contributed by atoms with E-state index in [-0.39, 0.29) is 29.5 Å². The molecule has 1 fully saturated rings. The summed E-state index contributed by atoms with van der Waals surface area (Å²) in [4.78, 5) is 51.5. The van der Waals surface area contributed by atoms with Crippen LogP contribution in [-0.2, 0) is 14.4 Å². The Morgan fingerprint density at radius 2 is 1.72 bits per heavy atom. The molecule has 9 nitrogen and oxygen atoms in total. The zero-order valence-corrected chi connectivity index (χ0v) is 22.5. The topological polar surface area (TPSA) is 114 Å². The van der Waals surface area contributed by atoms with Crippen LogP contribution in [0.2, 0.25) is 5.02 Å². The number of carbonyl (C=O) groups is 4. The minimum atomic E-state index is -0.873. The van der Waals surface area contributed by atoms with Crippen molar-refractivity contribution in [1.82, 2.24) is 5.32 Å². The molecule has 1 saturated heterocycles. The third-order valence-electron chi connectivity index (χ3n) is 6.04. The molecular formula is C29H26ClN3O6. The molecule has 0 bridgehead atoms. The number of imide groups is 2. The number of nitrogens with zero attached hydrogens (tertiary/aromatic N) is 1. The summed E-state index contributed by atoms with van der Waals surface area (Å²) in [5.74, 6) is -1.40. The van der Waals surface area contributed by atoms with Gasteiger partial charge in [-0.15, -0.1) is 0 Å². The van der Waals surface area contributed by atoms with Gasteiger partial charge in [-0.1, -0.05) is 35.9 Å². The molecule has 200 valence electrons. The molecule has 0 unspecified atom stereocenters. The van der Waals surface area contributed by atoms with Crippen molar-refractivity contribution >= 4 is 52.8 Å². The molecule has 0 saturated carbocycles. The van der Waals surface area contributed by atoms with Crippen LogP contribution in [0.5, 0.6) is 11.5 Å². The molecular weight excluding hydrogens is 522 g/mol. The SMILES string of the molecule is COc1cc(/C=C2\C(=O)NC(=O)N(c3ccc(C)c(Cl)c3)C2=O)ccc1OCC(=O)Nc1cc(C)ccc1C. The molecule has 0 radical (unpaired) electrons. The number of halogens is 1. The first-order valence-electron chi connectivity index (χ1n) is 11.9. The maximum absolute atomic E-state index is 13.2. The lowest BCUT2D eigenvalue weighted by molar-refractivity contribution is -0.122. The molecule has 5 amide bonds. The van der Waals surface area contributed by atoms with Crippen LogP contribution in [0.4, 0.5) is 16.2 Å². The molecule has 0 spiro atoms. The molecule has 1 heterocycles. The minimum absolute atomic E-state index is 0.229. The van der Waals surface area contributed by atoms with Crippen LogP contribution >= 0.6 is 11.6 Å². The summed E-state index contributed by atoms with van der Waals surface area (Å²) in [6.07, 6.45) is 1.34. The molecule has 3 aromatic rings. The molecule has 0 aromatic heterocycles. The van der Waals surface area contributed by atoms with Crippen LogP contribution in [0.1, 0.15) is 22.3 Å². The van der Waals surface area contributed by atoms with Gasteiger partial charge in [0.15, 0.2) is 18.1 Å². The second-order valence-electron chi connectivity index (χ2n) is 8.96. The van der Waals surface area contributed by atoms with E-state index in [0.717, 1.165) is 21.6 Å². The summed E-state index contributed by atoms with van der Waals surface area (Å²) in [5.41, 5.74) is 3.83. The Labute approximate surface area is 230 Å². The van der Waals surface area contributed by atoms with E-state index in [0.29, 0.717) is 22.0 Å². The number of hydrogen-bond donors (Lipinski definition) is 2. The number of rotatable bonds is 7. The van der Waals surface area contributed by atoms with Crippen LogP contribution < -0.4 is 25.0 Å². The first-order chi connectivity index (χ1) is 18.6. The Morgan fingerprint density at radius 1 is 0.974 bits per heavy atom. The third-order valence-corrected chi connectivity index (χ3v) is 6.45. The Kier molecular flexibility index (Phi) is 8.01. The van der Waals surface area contributed by atoms with Crippen LogP contribution in [0.3, 0.4) is 0 Å². The standard InChI is InChI=1S/C29H26ClN3O6/c1-16-5-6-18(3)23(11-16)31-26(34)15-39-24-10-8-19(13-25(24)38-4)12-21-27(35)32-29(37)33(28(21)36)20-9-7-17(2)22(30)14-20/h5-14H,15H2,1-4H3,(H,31,34)(H,32,35,37)/b21-12+. The Balaban J connectivity index is 1.52. The van der Waals surface area contributed by atoms with E-state index in [1.807, 2.05) is 32.0 Å². The van der Waals surface area contributed by atoms with Gasteiger partial charge in [-0.25, -0.2) is 9.69 Å². The molecule has 1 aliphatic rings. The zero-order valence-electron chi connectivity index (χ0n) is 21.8. The Hall–Kier alpha value is -4.63. The van der Waals surface area contributed by atoms with Gasteiger partial charge in [0.25, 0.3) is 17.7 Å². The highest BCUT2D eigenvalue weighted by molar-refractivity contribution is 6.39. The fourth-order valence-electron chi connectivity index (χ4n) is 3.87. The lowest BCUT2D eigenvalue weighted by Gasteiger charge is -2.26. The van der Waals surface area contributed by atoms with Gasteiger partial charge in [0, 0.05) is 10.7 Å². The smallest absolute Gasteiger partial charge is 0.335 e. The summed E-state index contributed by atoms with van der Waals surface area (Å²) < 4.78 is 11.1. The number of barbiturate groups is 1. The fourth-order valence-corrected chi connectivity index (χ4v) is 4.05. The summed E-state index contributed by atoms with van der Waals surface area (Å²) >= 11 is 6.17. The summed E-state index contributed by atoms with van der Waals surface area (Å²) in [6.45, 7) is 5.36. The van der Waals surface area contributed by atoms with Crippen LogP contribution in [0, 0.1) is 20.8 Å². The normalized spacial score (nSPS) is 14.3. The quantitative estimate of drug-likeness (QED) is 0.319. The predicted octanol–water partition coefficient (Wildman–Crippen LogP) is 4.96. The maximum atomic E-state index is 13.2. The highest BCUT2D eigenvalue weighted by Crippen LogP contribution is 2.31. The highest BCUT2D eigenvalue weighted by Gasteiger charge is 2.37. The average Bonchev–Trinajstić information content (AvgIpc) is 2.89. The second kappa shape index (κ2) is 11.4. The monoisotopic (exact) mass is 547 g/mol. The van der Waals surface area contributed by atoms with Gasteiger partial charge in [0.05, 0.1) is 12.8 Å². The number of anilines is 2. The van der Waals surface area contributed by atoms with Crippen molar-refractivity contribution in [2.24, 2.45) is 0 Å². The number of nitrogens with one attached hydrogen (secondary N) is 2. The molecule has 1 aliphatic heterocycles. The number of aryl methyl sites for hydroxylation is 3. The highest BCUT2D eigenvalue weighted by atomic mass is 35.5. The van der Waals surface area contributed by atoms with Crippen molar-refractivity contribution < 1.29 is 28.7 Å². The van der Waals surface area contributed by atoms with Crippen molar-refractivity contribution in [2.75, 3.05) is 23.9 Å². The van der Waals surface area contributed by atoms with E-state index in [4.69, 9.17) is 21.1 Å². The van der Waals surface area contributed by atoms with Gasteiger partial charge in [0.2, 0.25) is 0 Å². The van der Waals surface area contributed by atoms with Crippen LogP contribution in [-0.4, -0.2) is 37.5 Å². The number of methoxy groups -OCH3 is 1. The summed E-state index contributed by atoms with van der Waals surface area (Å²) in [6, 6.07) is 14.3. The first kappa shape index (κ1) is 27.4. The van der Waals surface area contributed by atoms with Gasteiger partial charge in [0.1, 0.15) is 5.57 Å². The van der Waals surface area contributed by atoms with Gasteiger partial charge in [-0.05, 0) is 79.4 Å². The number of amides is 5. The molecule has 0 atom stereocenters. The second-order valence-corrected chi connectivity index (χ2v) is 9.36. The van der Waals surface area contributed by atoms with Crippen LogP contribution in [0.15, 0.2) is 60.2 Å². The number of benzene rings is 3. The zero-order chi connectivity index (χ0) is 28.3. The van der Waals surface area contributed by atoms with E-state index < -0.39 is 17.8 Å². The van der Waals surface area contributed by atoms with Gasteiger partial charge >= 0.3 is 6.03 Å². The fraction of sp³-hybridized carbons (Fsp3) is 0.172. The first-order valence-corrected chi connectivity index (χ1v) is 12.3. The van der Waals surface area contributed by atoms with Crippen molar-refractivity contribution in [1.29, 1.82) is 0 Å². The molecule has 3 aromatic carbocycles. The maximum Gasteiger partial charge on any atom is 0.335 e. The molecule has 10 heteroatoms. The number of hydrogen-bond acceptors (Lipinski definition) is 6. The molecule has 4 rings (SSSR count). The number of ether oxygens (including phenoxy) is 2. The van der Waals surface area contributed by atoms with E-state index in [9.17, 15) is 19.2 Å². The molecule has 0 aliphatic carbocycles. The summed E-state index contributed by atoms with van der Waals surface area (Å²) in [5, 5.41) is 5.38. The van der Waals surface area contributed by atoms with Crippen molar-refractivity contribution in [3.05, 3.63) is 87.4 Å². The van der Waals surface area contributed by atoms with E-state index in [1.165, 1.54) is 19.3 Å². The summed E-state index contributed by atoms with van der Waals surface area (Å²) in [7, 11) is 1.43. The number of carbonyl (C=O) groups excluding carboxylic acids is 4. The average molecular weight is 548 g/mol. The van der Waals surface area contributed by atoms with E-state index >= 15 is 0 Å². The Bertz CT molecular complexity index is 1530. The van der Waals surface area contributed by atoms with Crippen LogP contribution in [0.25, 0.3) is 6.08 Å². The number of urea groups is 1. The third kappa shape index (κ3) is 6.10. The van der Waals surface area contributed by atoms with Gasteiger partial charge in [-0.3, -0.25) is 19.7 Å². The van der Waals surface area contributed by atoms with Gasteiger partial charge < -0.3 is 14.8 Å². The van der Waals surface area contributed by atoms with Crippen molar-refractivity contribution in [2.45, 2.75) is 20.8 Å². The lowest BCUT2D eigenvalue weighted by atomic mass is 10.1. The van der Waals surface area contributed by atoms with E-state index in [1.54, 1.807) is 37.3 Å². The van der Waals surface area contributed by atoms with Crippen molar-refractivity contribution in [3.63, 3.8) is 0 Å². The minimum Gasteiger partial charge on any atom is -0.493 e. The Morgan fingerprint density at radius 3 is 2.44 bits per heavy atom. The molecule has 39 heavy (non-hydrogen) atoms.